The Morgan fingerprint density at radius 2 is 1.74 bits per heavy atom. The molecule has 2 rings (SSSR count). The van der Waals surface area contributed by atoms with Crippen molar-refractivity contribution >= 4 is 49.9 Å². The lowest BCUT2D eigenvalue weighted by molar-refractivity contribution is 0.0988. The fourth-order valence-corrected chi connectivity index (χ4v) is 3.33. The van der Waals surface area contributed by atoms with Gasteiger partial charge in [-0.15, -0.1) is 0 Å². The highest BCUT2D eigenvalue weighted by molar-refractivity contribution is 14.1. The van der Waals surface area contributed by atoms with Gasteiger partial charge < -0.3 is 15.5 Å². The van der Waals surface area contributed by atoms with Crippen LogP contribution in [0.3, 0.4) is 0 Å². The number of nitrogens with one attached hydrogen (secondary N) is 3. The summed E-state index contributed by atoms with van der Waals surface area (Å²) in [7, 11) is -4.30. The van der Waals surface area contributed by atoms with Crippen molar-refractivity contribution in [2.24, 2.45) is 0 Å². The Bertz CT molecular complexity index is 931. The van der Waals surface area contributed by atoms with Crippen LogP contribution in [-0.2, 0) is 10.2 Å². The SMILES string of the molecule is O=S(=O)(NCC(O)CO)Nc1ccc(F)c(F)c1Nc1ccc(I)cc1F. The van der Waals surface area contributed by atoms with Crippen molar-refractivity contribution in [1.29, 1.82) is 0 Å². The van der Waals surface area contributed by atoms with Crippen LogP contribution in [0.1, 0.15) is 0 Å². The summed E-state index contributed by atoms with van der Waals surface area (Å²) < 4.78 is 70.3. The van der Waals surface area contributed by atoms with Crippen molar-refractivity contribution in [3.8, 4) is 0 Å². The average Bonchev–Trinajstić information content (AvgIpc) is 2.61. The minimum Gasteiger partial charge on any atom is -0.394 e. The molecule has 0 saturated heterocycles. The summed E-state index contributed by atoms with van der Waals surface area (Å²) in [5, 5.41) is 20.2. The number of rotatable bonds is 8. The normalized spacial score (nSPS) is 12.7. The van der Waals surface area contributed by atoms with Crippen LogP contribution in [0.4, 0.5) is 30.2 Å². The lowest BCUT2D eigenvalue weighted by Gasteiger charge is -2.17. The molecule has 0 spiro atoms. The third kappa shape index (κ3) is 5.93. The molecular formula is C15H15F3IN3O4S. The van der Waals surface area contributed by atoms with E-state index in [0.717, 1.165) is 12.1 Å². The molecule has 27 heavy (non-hydrogen) atoms. The Balaban J connectivity index is 2.33. The minimum absolute atomic E-state index is 0.191. The van der Waals surface area contributed by atoms with Crippen molar-refractivity contribution in [2.45, 2.75) is 6.10 Å². The molecule has 0 bridgehead atoms. The Morgan fingerprint density at radius 1 is 1.07 bits per heavy atom. The molecule has 1 unspecified atom stereocenters. The zero-order valence-corrected chi connectivity index (χ0v) is 16.5. The lowest BCUT2D eigenvalue weighted by Crippen LogP contribution is -2.37. The molecule has 12 heteroatoms. The van der Waals surface area contributed by atoms with Gasteiger partial charge in [0.25, 0.3) is 10.2 Å². The molecule has 0 aliphatic carbocycles. The summed E-state index contributed by atoms with van der Waals surface area (Å²) in [5.74, 6) is -3.43. The minimum atomic E-state index is -4.30. The van der Waals surface area contributed by atoms with Crippen LogP contribution in [0.2, 0.25) is 0 Å². The van der Waals surface area contributed by atoms with Gasteiger partial charge in [0.2, 0.25) is 0 Å². The first kappa shape index (κ1) is 21.7. The molecule has 0 fully saturated rings. The Labute approximate surface area is 166 Å². The van der Waals surface area contributed by atoms with Crippen LogP contribution in [0.15, 0.2) is 30.3 Å². The van der Waals surface area contributed by atoms with Gasteiger partial charge in [0.15, 0.2) is 11.6 Å². The van der Waals surface area contributed by atoms with Gasteiger partial charge in [-0.2, -0.15) is 13.1 Å². The quantitative estimate of drug-likeness (QED) is 0.345. The van der Waals surface area contributed by atoms with Crippen molar-refractivity contribution in [3.63, 3.8) is 0 Å². The second-order valence-electron chi connectivity index (χ2n) is 5.32. The van der Waals surface area contributed by atoms with Gasteiger partial charge in [0.1, 0.15) is 11.5 Å². The van der Waals surface area contributed by atoms with Crippen LogP contribution in [0.5, 0.6) is 0 Å². The number of halogens is 4. The summed E-state index contributed by atoms with van der Waals surface area (Å²) in [4.78, 5) is 0. The maximum atomic E-state index is 14.2. The second kappa shape index (κ2) is 9.05. The number of anilines is 3. The average molecular weight is 517 g/mol. The number of hydrogen-bond donors (Lipinski definition) is 5. The molecule has 0 saturated carbocycles. The van der Waals surface area contributed by atoms with E-state index in [4.69, 9.17) is 5.11 Å². The maximum Gasteiger partial charge on any atom is 0.299 e. The third-order valence-electron chi connectivity index (χ3n) is 3.25. The number of aliphatic hydroxyl groups excluding tert-OH is 2. The number of hydrogen-bond acceptors (Lipinski definition) is 5. The highest BCUT2D eigenvalue weighted by Gasteiger charge is 2.20. The molecule has 0 radical (unpaired) electrons. The van der Waals surface area contributed by atoms with Gasteiger partial charge in [0.05, 0.1) is 24.1 Å². The Hall–Kier alpha value is -1.61. The monoisotopic (exact) mass is 517 g/mol. The van der Waals surface area contributed by atoms with Crippen LogP contribution in [0.25, 0.3) is 0 Å². The van der Waals surface area contributed by atoms with Gasteiger partial charge in [-0.25, -0.2) is 13.2 Å². The van der Waals surface area contributed by atoms with Gasteiger partial charge >= 0.3 is 0 Å². The van der Waals surface area contributed by atoms with Crippen LogP contribution in [-0.4, -0.2) is 37.9 Å². The summed E-state index contributed by atoms with van der Waals surface area (Å²) in [6.45, 7) is -1.18. The van der Waals surface area contributed by atoms with Crippen molar-refractivity contribution in [3.05, 3.63) is 51.4 Å². The zero-order chi connectivity index (χ0) is 20.2. The first-order valence-electron chi connectivity index (χ1n) is 7.39. The maximum absolute atomic E-state index is 14.2. The predicted octanol–water partition coefficient (Wildman–Crippen LogP) is 2.05. The summed E-state index contributed by atoms with van der Waals surface area (Å²) in [5.41, 5.74) is -1.20. The topological polar surface area (TPSA) is 111 Å². The van der Waals surface area contributed by atoms with Crippen molar-refractivity contribution in [1.82, 2.24) is 4.72 Å². The highest BCUT2D eigenvalue weighted by Crippen LogP contribution is 2.32. The molecule has 0 aliphatic rings. The van der Waals surface area contributed by atoms with E-state index < -0.39 is 58.3 Å². The van der Waals surface area contributed by atoms with E-state index in [-0.39, 0.29) is 5.69 Å². The fourth-order valence-electron chi connectivity index (χ4n) is 1.93. The van der Waals surface area contributed by atoms with Gasteiger partial charge in [-0.05, 0) is 52.9 Å². The van der Waals surface area contributed by atoms with Crippen LogP contribution in [0, 0.1) is 21.0 Å². The molecule has 0 aliphatic heterocycles. The molecule has 5 N–H and O–H groups in total. The van der Waals surface area contributed by atoms with E-state index in [9.17, 15) is 26.7 Å². The smallest absolute Gasteiger partial charge is 0.299 e. The highest BCUT2D eigenvalue weighted by atomic mass is 127. The van der Waals surface area contributed by atoms with Crippen LogP contribution >= 0.6 is 22.6 Å². The molecular weight excluding hydrogens is 502 g/mol. The predicted molar refractivity (Wildman–Crippen MR) is 102 cm³/mol. The second-order valence-corrected chi connectivity index (χ2v) is 8.07. The molecule has 0 amide bonds. The van der Waals surface area contributed by atoms with E-state index in [1.807, 2.05) is 32.0 Å². The standard InChI is InChI=1S/C15H15F3IN3O4S/c16-10-2-4-13(22-27(25,26)20-6-9(24)7-23)15(14(10)18)21-12-3-1-8(19)5-11(12)17/h1-5,9,20-24H,6-7H2. The molecule has 2 aromatic carbocycles. The largest absolute Gasteiger partial charge is 0.394 e. The molecule has 2 aromatic rings. The van der Waals surface area contributed by atoms with Crippen LogP contribution < -0.4 is 14.8 Å². The first-order chi connectivity index (χ1) is 12.6. The first-order valence-corrected chi connectivity index (χ1v) is 9.95. The third-order valence-corrected chi connectivity index (χ3v) is 4.96. The van der Waals surface area contributed by atoms with E-state index in [0.29, 0.717) is 9.64 Å². The van der Waals surface area contributed by atoms with E-state index in [1.54, 1.807) is 0 Å². The Kier molecular flexibility index (Phi) is 7.27. The summed E-state index contributed by atoms with van der Waals surface area (Å²) in [6, 6.07) is 5.61. The van der Waals surface area contributed by atoms with Gasteiger partial charge in [0, 0.05) is 10.1 Å². The molecule has 0 heterocycles. The van der Waals surface area contributed by atoms with Gasteiger partial charge in [-0.3, -0.25) is 4.72 Å². The van der Waals surface area contributed by atoms with Crippen molar-refractivity contribution < 1.29 is 31.8 Å². The Morgan fingerprint density at radius 3 is 2.37 bits per heavy atom. The van der Waals surface area contributed by atoms with E-state index in [1.165, 1.54) is 12.1 Å². The molecule has 1 atom stereocenters. The molecule has 7 nitrogen and oxygen atoms in total. The molecule has 148 valence electrons. The van der Waals surface area contributed by atoms with E-state index in [2.05, 4.69) is 5.32 Å². The number of benzene rings is 2. The number of aliphatic hydroxyl groups is 2. The lowest BCUT2D eigenvalue weighted by atomic mass is 10.2. The summed E-state index contributed by atoms with van der Waals surface area (Å²) in [6.07, 6.45) is -1.34. The fraction of sp³-hybridized carbons (Fsp3) is 0.200. The summed E-state index contributed by atoms with van der Waals surface area (Å²) >= 11 is 1.87. The van der Waals surface area contributed by atoms with Crippen molar-refractivity contribution in [2.75, 3.05) is 23.2 Å². The van der Waals surface area contributed by atoms with Gasteiger partial charge in [-0.1, -0.05) is 0 Å². The van der Waals surface area contributed by atoms with E-state index >= 15 is 0 Å². The molecule has 0 aromatic heterocycles. The zero-order valence-electron chi connectivity index (χ0n) is 13.5.